The summed E-state index contributed by atoms with van der Waals surface area (Å²) in [6.45, 7) is 4.56. The molecule has 1 N–H and O–H groups in total. The Morgan fingerprint density at radius 2 is 1.00 bits per heavy atom. The standard InChI is InChI=1S/C30H46O9S/c1-40(32,33)39-25-24-36-19-16-30(31,14-8-17-34-20-22-37-26-28-10-4-2-5-11-28)15-9-18-35-21-23-38-27-29-12-6-3-7-13-29/h2-7,10-13,31H,8-9,14-27H2,1H3. The molecule has 0 saturated carbocycles. The molecule has 0 aliphatic heterocycles. The molecular weight excluding hydrogens is 536 g/mol. The summed E-state index contributed by atoms with van der Waals surface area (Å²) in [5, 5.41) is 11.3. The summed E-state index contributed by atoms with van der Waals surface area (Å²) < 4.78 is 54.9. The molecule has 0 aliphatic carbocycles. The van der Waals surface area contributed by atoms with E-state index in [4.69, 9.17) is 23.7 Å². The summed E-state index contributed by atoms with van der Waals surface area (Å²) in [6.07, 6.45) is 3.93. The molecule has 40 heavy (non-hydrogen) atoms. The Labute approximate surface area is 239 Å². The highest BCUT2D eigenvalue weighted by molar-refractivity contribution is 7.85. The van der Waals surface area contributed by atoms with Gasteiger partial charge in [-0.15, -0.1) is 0 Å². The lowest BCUT2D eigenvalue weighted by Gasteiger charge is -2.28. The van der Waals surface area contributed by atoms with Gasteiger partial charge in [0, 0.05) is 19.8 Å². The van der Waals surface area contributed by atoms with Crippen LogP contribution in [0.15, 0.2) is 60.7 Å². The largest absolute Gasteiger partial charge is 0.390 e. The fourth-order valence-electron chi connectivity index (χ4n) is 3.96. The molecule has 2 aromatic carbocycles. The third-order valence-corrected chi connectivity index (χ3v) is 6.66. The second-order valence-corrected chi connectivity index (χ2v) is 11.3. The van der Waals surface area contributed by atoms with Crippen LogP contribution in [0.1, 0.15) is 43.2 Å². The van der Waals surface area contributed by atoms with Crippen molar-refractivity contribution >= 4 is 10.1 Å². The molecule has 0 heterocycles. The molecule has 226 valence electrons. The van der Waals surface area contributed by atoms with Crippen LogP contribution >= 0.6 is 0 Å². The van der Waals surface area contributed by atoms with E-state index < -0.39 is 15.7 Å². The van der Waals surface area contributed by atoms with Crippen LogP contribution in [-0.2, 0) is 51.2 Å². The maximum atomic E-state index is 11.3. The van der Waals surface area contributed by atoms with Gasteiger partial charge in [0.05, 0.1) is 64.7 Å². The summed E-state index contributed by atoms with van der Waals surface area (Å²) in [7, 11) is -3.49. The molecule has 2 rings (SSSR count). The first-order valence-electron chi connectivity index (χ1n) is 13.9. The Balaban J connectivity index is 1.59. The van der Waals surface area contributed by atoms with E-state index in [2.05, 4.69) is 4.18 Å². The third-order valence-electron chi connectivity index (χ3n) is 6.07. The number of aliphatic hydroxyl groups is 1. The molecule has 0 unspecified atom stereocenters. The predicted molar refractivity (Wildman–Crippen MR) is 153 cm³/mol. The zero-order valence-electron chi connectivity index (χ0n) is 23.7. The second kappa shape index (κ2) is 20.9. The molecule has 0 aliphatic rings. The monoisotopic (exact) mass is 582 g/mol. The number of hydrogen-bond acceptors (Lipinski definition) is 9. The van der Waals surface area contributed by atoms with Gasteiger partial charge in [0.2, 0.25) is 0 Å². The third kappa shape index (κ3) is 18.5. The minimum Gasteiger partial charge on any atom is -0.390 e. The van der Waals surface area contributed by atoms with Gasteiger partial charge in [0.1, 0.15) is 0 Å². The highest BCUT2D eigenvalue weighted by Gasteiger charge is 2.26. The highest BCUT2D eigenvalue weighted by atomic mass is 32.2. The normalized spacial score (nSPS) is 12.2. The van der Waals surface area contributed by atoms with Crippen molar-refractivity contribution < 1.29 is 41.4 Å². The first kappa shape index (κ1) is 34.3. The SMILES string of the molecule is CS(=O)(=O)OCCOCCC(O)(CCCOCCOCc1ccccc1)CCCOCCOCc1ccccc1. The van der Waals surface area contributed by atoms with E-state index in [9.17, 15) is 13.5 Å². The van der Waals surface area contributed by atoms with Gasteiger partial charge < -0.3 is 28.8 Å². The average Bonchev–Trinajstić information content (AvgIpc) is 2.94. The van der Waals surface area contributed by atoms with E-state index in [1.807, 2.05) is 60.7 Å². The van der Waals surface area contributed by atoms with Crippen molar-refractivity contribution in [2.75, 3.05) is 65.7 Å². The van der Waals surface area contributed by atoms with Crippen molar-refractivity contribution in [3.8, 4) is 0 Å². The van der Waals surface area contributed by atoms with Gasteiger partial charge in [0.25, 0.3) is 10.1 Å². The molecular formula is C30H46O9S. The molecule has 0 atom stereocenters. The number of benzene rings is 2. The zero-order valence-corrected chi connectivity index (χ0v) is 24.5. The molecule has 9 nitrogen and oxygen atoms in total. The predicted octanol–water partition coefficient (Wildman–Crippen LogP) is 4.13. The minimum absolute atomic E-state index is 0.0440. The molecule has 0 amide bonds. The highest BCUT2D eigenvalue weighted by Crippen LogP contribution is 2.24. The van der Waals surface area contributed by atoms with Gasteiger partial charge in [-0.1, -0.05) is 60.7 Å². The Morgan fingerprint density at radius 1 is 0.575 bits per heavy atom. The number of rotatable bonds is 25. The van der Waals surface area contributed by atoms with Gasteiger partial charge >= 0.3 is 0 Å². The van der Waals surface area contributed by atoms with Crippen LogP contribution < -0.4 is 0 Å². The first-order valence-corrected chi connectivity index (χ1v) is 15.7. The van der Waals surface area contributed by atoms with Crippen molar-refractivity contribution in [1.82, 2.24) is 0 Å². The minimum atomic E-state index is -3.49. The maximum absolute atomic E-state index is 11.3. The van der Waals surface area contributed by atoms with Crippen molar-refractivity contribution in [3.63, 3.8) is 0 Å². The zero-order chi connectivity index (χ0) is 28.8. The van der Waals surface area contributed by atoms with Crippen molar-refractivity contribution in [2.24, 2.45) is 0 Å². The quantitative estimate of drug-likeness (QED) is 0.137. The molecule has 0 spiro atoms. The van der Waals surface area contributed by atoms with Gasteiger partial charge in [-0.3, -0.25) is 4.18 Å². The van der Waals surface area contributed by atoms with Gasteiger partial charge in [0.15, 0.2) is 0 Å². The van der Waals surface area contributed by atoms with E-state index in [1.165, 1.54) is 0 Å². The summed E-state index contributed by atoms with van der Waals surface area (Å²) in [5.74, 6) is 0. The van der Waals surface area contributed by atoms with Gasteiger partial charge in [-0.2, -0.15) is 8.42 Å². The maximum Gasteiger partial charge on any atom is 0.264 e. The van der Waals surface area contributed by atoms with Crippen molar-refractivity contribution in [2.45, 2.75) is 50.9 Å². The Morgan fingerprint density at radius 3 is 1.48 bits per heavy atom. The fraction of sp³-hybridized carbons (Fsp3) is 0.600. The van der Waals surface area contributed by atoms with Gasteiger partial charge in [-0.05, 0) is 43.2 Å². The van der Waals surface area contributed by atoms with Crippen LogP contribution in [0.5, 0.6) is 0 Å². The second-order valence-electron chi connectivity index (χ2n) is 9.62. The van der Waals surface area contributed by atoms with Crippen LogP contribution in [0.3, 0.4) is 0 Å². The Bertz CT molecular complexity index is 916. The molecule has 0 radical (unpaired) electrons. The Hall–Kier alpha value is -1.89. The van der Waals surface area contributed by atoms with Crippen molar-refractivity contribution in [1.29, 1.82) is 0 Å². The summed E-state index contributed by atoms with van der Waals surface area (Å²) in [4.78, 5) is 0. The molecule has 0 bridgehead atoms. The topological polar surface area (TPSA) is 110 Å². The smallest absolute Gasteiger partial charge is 0.264 e. The lowest BCUT2D eigenvalue weighted by atomic mass is 9.89. The molecule has 10 heteroatoms. The van der Waals surface area contributed by atoms with E-state index >= 15 is 0 Å². The molecule has 0 fully saturated rings. The van der Waals surface area contributed by atoms with Crippen LogP contribution in [0, 0.1) is 0 Å². The lowest BCUT2D eigenvalue weighted by Crippen LogP contribution is -2.31. The van der Waals surface area contributed by atoms with Crippen LogP contribution in [0.25, 0.3) is 0 Å². The molecule has 0 saturated heterocycles. The average molecular weight is 583 g/mol. The van der Waals surface area contributed by atoms with Crippen LogP contribution in [0.2, 0.25) is 0 Å². The van der Waals surface area contributed by atoms with E-state index in [0.717, 1.165) is 17.4 Å². The Kier molecular flexibility index (Phi) is 17.9. The van der Waals surface area contributed by atoms with Gasteiger partial charge in [-0.25, -0.2) is 0 Å². The van der Waals surface area contributed by atoms with E-state index in [-0.39, 0.29) is 13.2 Å². The van der Waals surface area contributed by atoms with E-state index in [0.29, 0.717) is 91.6 Å². The van der Waals surface area contributed by atoms with Crippen LogP contribution in [-0.4, -0.2) is 84.8 Å². The van der Waals surface area contributed by atoms with E-state index in [1.54, 1.807) is 0 Å². The first-order chi connectivity index (χ1) is 19.4. The van der Waals surface area contributed by atoms with Crippen LogP contribution in [0.4, 0.5) is 0 Å². The molecule has 0 aromatic heterocycles. The summed E-state index contributed by atoms with van der Waals surface area (Å²) >= 11 is 0. The fourth-order valence-corrected chi connectivity index (χ4v) is 4.33. The number of hydrogen-bond donors (Lipinski definition) is 1. The summed E-state index contributed by atoms with van der Waals surface area (Å²) in [5.41, 5.74) is 1.32. The number of ether oxygens (including phenoxy) is 5. The molecule has 2 aromatic rings. The van der Waals surface area contributed by atoms with Crippen molar-refractivity contribution in [3.05, 3.63) is 71.8 Å². The summed E-state index contributed by atoms with van der Waals surface area (Å²) in [6, 6.07) is 20.0. The lowest BCUT2D eigenvalue weighted by molar-refractivity contribution is -0.0324.